The van der Waals surface area contributed by atoms with E-state index in [1.165, 1.54) is 47.0 Å². The highest BCUT2D eigenvalue weighted by molar-refractivity contribution is 7.92. The number of para-hydroxylation sites is 1. The van der Waals surface area contributed by atoms with Crippen molar-refractivity contribution in [2.75, 3.05) is 24.6 Å². The number of hydrogen-bond acceptors (Lipinski definition) is 7. The minimum Gasteiger partial charge on any atom is -0.494 e. The molecule has 1 aromatic heterocycles. The average Bonchev–Trinajstić information content (AvgIpc) is 3.25. The van der Waals surface area contributed by atoms with Crippen LogP contribution in [0.2, 0.25) is 0 Å². The van der Waals surface area contributed by atoms with Crippen molar-refractivity contribution in [3.63, 3.8) is 0 Å². The predicted octanol–water partition coefficient (Wildman–Crippen LogP) is 4.23. The number of nitrogens with zero attached hydrogens (tertiary/aromatic N) is 3. The first-order valence-electron chi connectivity index (χ1n) is 11.9. The fraction of sp³-hybridized carbons (Fsp3) is 0.222. The number of esters is 1. The van der Waals surface area contributed by atoms with Crippen LogP contribution in [0.4, 0.5) is 5.69 Å². The van der Waals surface area contributed by atoms with Crippen LogP contribution in [0, 0.1) is 0 Å². The van der Waals surface area contributed by atoms with Gasteiger partial charge < -0.3 is 14.0 Å². The molecule has 4 rings (SSSR count). The van der Waals surface area contributed by atoms with Crippen LogP contribution in [-0.2, 0) is 26.1 Å². The number of ether oxygens (including phenoxy) is 2. The van der Waals surface area contributed by atoms with Gasteiger partial charge in [-0.2, -0.15) is 4.99 Å². The van der Waals surface area contributed by atoms with E-state index in [4.69, 9.17) is 9.47 Å². The van der Waals surface area contributed by atoms with Crippen molar-refractivity contribution in [3.8, 4) is 5.75 Å². The van der Waals surface area contributed by atoms with Crippen molar-refractivity contribution >= 4 is 49.1 Å². The third-order valence-electron chi connectivity index (χ3n) is 5.70. The van der Waals surface area contributed by atoms with Gasteiger partial charge in [0.1, 0.15) is 12.3 Å². The molecular weight excluding hydrogens is 526 g/mol. The third-order valence-corrected chi connectivity index (χ3v) is 8.66. The number of anilines is 1. The molecule has 0 aliphatic heterocycles. The second-order valence-corrected chi connectivity index (χ2v) is 10.9. The van der Waals surface area contributed by atoms with Crippen molar-refractivity contribution in [1.29, 1.82) is 0 Å². The van der Waals surface area contributed by atoms with Crippen molar-refractivity contribution in [2.24, 2.45) is 4.99 Å². The predicted molar refractivity (Wildman–Crippen MR) is 146 cm³/mol. The summed E-state index contributed by atoms with van der Waals surface area (Å²) in [6.07, 6.45) is 0. The van der Waals surface area contributed by atoms with Gasteiger partial charge in [-0.3, -0.25) is 13.9 Å². The average molecular weight is 554 g/mol. The van der Waals surface area contributed by atoms with Crippen molar-refractivity contribution in [1.82, 2.24) is 4.57 Å². The maximum Gasteiger partial charge on any atom is 0.325 e. The van der Waals surface area contributed by atoms with Crippen LogP contribution in [0.5, 0.6) is 5.75 Å². The van der Waals surface area contributed by atoms with Crippen LogP contribution in [0.3, 0.4) is 0 Å². The molecule has 1 amide bonds. The van der Waals surface area contributed by atoms with Gasteiger partial charge >= 0.3 is 5.97 Å². The second kappa shape index (κ2) is 11.6. The summed E-state index contributed by atoms with van der Waals surface area (Å²) in [6, 6.07) is 19.9. The number of sulfonamides is 1. The molecule has 0 unspecified atom stereocenters. The molecular formula is C27H27N3O6S2. The molecule has 9 nitrogen and oxygen atoms in total. The number of hydrogen-bond donors (Lipinski definition) is 0. The minimum absolute atomic E-state index is 0.0609. The lowest BCUT2D eigenvalue weighted by Gasteiger charge is -2.22. The van der Waals surface area contributed by atoms with Crippen molar-refractivity contribution < 1.29 is 27.5 Å². The van der Waals surface area contributed by atoms with E-state index in [1.807, 2.05) is 19.1 Å². The lowest BCUT2D eigenvalue weighted by molar-refractivity contribution is -0.141. The Balaban J connectivity index is 1.68. The molecule has 0 spiro atoms. The summed E-state index contributed by atoms with van der Waals surface area (Å²) in [4.78, 5) is 29.8. The Hall–Kier alpha value is -3.96. The van der Waals surface area contributed by atoms with E-state index in [0.717, 1.165) is 4.70 Å². The van der Waals surface area contributed by atoms with E-state index in [1.54, 1.807) is 47.9 Å². The molecule has 0 N–H and O–H groups in total. The summed E-state index contributed by atoms with van der Waals surface area (Å²) in [6.45, 7) is 4.27. The number of carbonyl (C=O) groups excluding carboxylic acids is 2. The van der Waals surface area contributed by atoms with Crippen molar-refractivity contribution in [3.05, 3.63) is 83.2 Å². The molecule has 0 aliphatic carbocycles. The zero-order valence-electron chi connectivity index (χ0n) is 21.2. The molecule has 0 aliphatic rings. The molecule has 0 atom stereocenters. The maximum absolute atomic E-state index is 13.2. The quantitative estimate of drug-likeness (QED) is 0.287. The molecule has 0 saturated heterocycles. The first-order valence-corrected chi connectivity index (χ1v) is 14.1. The number of thiazole rings is 1. The Morgan fingerprint density at radius 2 is 1.71 bits per heavy atom. The third kappa shape index (κ3) is 5.63. The smallest absolute Gasteiger partial charge is 0.325 e. The van der Waals surface area contributed by atoms with Gasteiger partial charge in [-0.1, -0.05) is 29.5 Å². The summed E-state index contributed by atoms with van der Waals surface area (Å²) in [5.41, 5.74) is 1.47. The molecule has 1 heterocycles. The summed E-state index contributed by atoms with van der Waals surface area (Å²) >= 11 is 1.24. The Labute approximate surface area is 224 Å². The Morgan fingerprint density at radius 1 is 1.00 bits per heavy atom. The van der Waals surface area contributed by atoms with Gasteiger partial charge in [0.2, 0.25) is 0 Å². The number of methoxy groups -OCH3 is 1. The van der Waals surface area contributed by atoms with E-state index in [2.05, 4.69) is 4.99 Å². The number of fused-ring (bicyclic) bond motifs is 1. The van der Waals surface area contributed by atoms with E-state index in [-0.39, 0.29) is 23.5 Å². The molecule has 3 aromatic carbocycles. The highest BCUT2D eigenvalue weighted by Gasteiger charge is 2.24. The number of carbonyl (C=O) groups is 2. The highest BCUT2D eigenvalue weighted by atomic mass is 32.2. The number of benzene rings is 3. The van der Waals surface area contributed by atoms with Crippen LogP contribution in [-0.4, -0.2) is 45.1 Å². The maximum atomic E-state index is 13.2. The first kappa shape index (κ1) is 27.1. The van der Waals surface area contributed by atoms with Gasteiger partial charge in [0, 0.05) is 12.1 Å². The normalized spacial score (nSPS) is 11.9. The lowest BCUT2D eigenvalue weighted by Crippen LogP contribution is -2.30. The molecule has 38 heavy (non-hydrogen) atoms. The molecule has 198 valence electrons. The van der Waals surface area contributed by atoms with Crippen LogP contribution < -0.4 is 13.8 Å². The van der Waals surface area contributed by atoms with Gasteiger partial charge in [-0.05, 0) is 68.4 Å². The molecule has 4 aromatic rings. The van der Waals surface area contributed by atoms with E-state index < -0.39 is 21.9 Å². The standard InChI is InChI=1S/C27H27N3O6S2/c1-4-30(20-9-7-6-8-10-20)38(33,34)22-14-11-19(12-15-22)26(32)28-27-29(18-25(31)35-3)23-16-13-21(36-5-2)17-24(23)37-27/h6-17H,4-5,18H2,1-3H3. The molecule has 0 saturated carbocycles. The van der Waals surface area contributed by atoms with Crippen molar-refractivity contribution in [2.45, 2.75) is 25.3 Å². The minimum atomic E-state index is -3.83. The highest BCUT2D eigenvalue weighted by Crippen LogP contribution is 2.25. The van der Waals surface area contributed by atoms with Gasteiger partial charge in [-0.15, -0.1) is 0 Å². The monoisotopic (exact) mass is 553 g/mol. The van der Waals surface area contributed by atoms with Crippen LogP contribution in [0.25, 0.3) is 10.2 Å². The topological polar surface area (TPSA) is 107 Å². The largest absolute Gasteiger partial charge is 0.494 e. The van der Waals surface area contributed by atoms with E-state index >= 15 is 0 Å². The van der Waals surface area contributed by atoms with Crippen LogP contribution in [0.15, 0.2) is 82.7 Å². The number of rotatable bonds is 9. The zero-order chi connectivity index (χ0) is 27.3. The summed E-state index contributed by atoms with van der Waals surface area (Å²) in [5.74, 6) is -0.390. The summed E-state index contributed by atoms with van der Waals surface area (Å²) < 4.78 is 40.6. The number of amides is 1. The molecule has 0 fully saturated rings. The Bertz CT molecular complexity index is 1630. The molecule has 11 heteroatoms. The van der Waals surface area contributed by atoms with E-state index in [9.17, 15) is 18.0 Å². The van der Waals surface area contributed by atoms with Gasteiger partial charge in [0.05, 0.1) is 34.5 Å². The second-order valence-electron chi connectivity index (χ2n) is 8.06. The SMILES string of the molecule is CCOc1ccc2c(c1)sc(=NC(=O)c1ccc(S(=O)(=O)N(CC)c3ccccc3)cc1)n2CC(=O)OC. The van der Waals surface area contributed by atoms with Gasteiger partial charge in [-0.25, -0.2) is 8.42 Å². The Morgan fingerprint density at radius 3 is 2.34 bits per heavy atom. The van der Waals surface area contributed by atoms with Crippen LogP contribution in [0.1, 0.15) is 24.2 Å². The Kier molecular flexibility index (Phi) is 8.28. The fourth-order valence-electron chi connectivity index (χ4n) is 3.88. The van der Waals surface area contributed by atoms with Gasteiger partial charge in [0.15, 0.2) is 4.80 Å². The summed E-state index contributed by atoms with van der Waals surface area (Å²) in [7, 11) is -2.54. The first-order chi connectivity index (χ1) is 18.3. The van der Waals surface area contributed by atoms with Gasteiger partial charge in [0.25, 0.3) is 15.9 Å². The molecule has 0 bridgehead atoms. The fourth-order valence-corrected chi connectivity index (χ4v) is 6.41. The lowest BCUT2D eigenvalue weighted by atomic mass is 10.2. The zero-order valence-corrected chi connectivity index (χ0v) is 22.8. The summed E-state index contributed by atoms with van der Waals surface area (Å²) in [5, 5.41) is 0. The van der Waals surface area contributed by atoms with Crippen LogP contribution >= 0.6 is 11.3 Å². The van der Waals surface area contributed by atoms with E-state index in [0.29, 0.717) is 28.4 Å². The number of aromatic nitrogens is 1. The molecule has 0 radical (unpaired) electrons.